The Morgan fingerprint density at radius 3 is 2.57 bits per heavy atom. The summed E-state index contributed by atoms with van der Waals surface area (Å²) in [5.74, 6) is 1.52. The fraction of sp³-hybridized carbons (Fsp3) is 0.294. The molecule has 4 heteroatoms. The summed E-state index contributed by atoms with van der Waals surface area (Å²) in [7, 11) is 0. The number of hydrogen-bond donors (Lipinski definition) is 1. The maximum Gasteiger partial charge on any atom is 0.141 e. The molecule has 0 aliphatic rings. The van der Waals surface area contributed by atoms with E-state index in [1.807, 2.05) is 43.3 Å². The lowest BCUT2D eigenvalue weighted by Gasteiger charge is -2.12. The monoisotopic (exact) mass is 367 g/mol. The Morgan fingerprint density at radius 1 is 1.19 bits per heavy atom. The Bertz CT molecular complexity index is 628. The molecule has 112 valence electrons. The van der Waals surface area contributed by atoms with Crippen molar-refractivity contribution < 1.29 is 4.74 Å². The Kier molecular flexibility index (Phi) is 5.68. The molecule has 0 unspecified atom stereocenters. The molecule has 0 heterocycles. The van der Waals surface area contributed by atoms with Crippen molar-refractivity contribution in [2.24, 2.45) is 0 Å². The maximum atomic E-state index is 6.31. The van der Waals surface area contributed by atoms with Gasteiger partial charge in [0, 0.05) is 17.6 Å². The van der Waals surface area contributed by atoms with E-state index >= 15 is 0 Å². The van der Waals surface area contributed by atoms with Crippen LogP contribution in [0, 0.1) is 6.92 Å². The SMILES string of the molecule is Cc1ccc(Oc2ccc(CNC(C)C)c(Cl)c2)c(Br)c1. The molecule has 0 atom stereocenters. The van der Waals surface area contributed by atoms with Gasteiger partial charge in [0.1, 0.15) is 11.5 Å². The summed E-state index contributed by atoms with van der Waals surface area (Å²) < 4.78 is 6.81. The topological polar surface area (TPSA) is 21.3 Å². The second kappa shape index (κ2) is 7.30. The van der Waals surface area contributed by atoms with Crippen LogP contribution in [-0.2, 0) is 6.54 Å². The van der Waals surface area contributed by atoms with E-state index < -0.39 is 0 Å². The molecule has 2 aromatic carbocycles. The fourth-order valence-electron chi connectivity index (χ4n) is 1.86. The molecule has 0 aliphatic heterocycles. The summed E-state index contributed by atoms with van der Waals surface area (Å²) >= 11 is 9.82. The van der Waals surface area contributed by atoms with Gasteiger partial charge in [-0.15, -0.1) is 0 Å². The quantitative estimate of drug-likeness (QED) is 0.730. The summed E-state index contributed by atoms with van der Waals surface area (Å²) in [5.41, 5.74) is 2.25. The summed E-state index contributed by atoms with van der Waals surface area (Å²) in [6.45, 7) is 7.02. The van der Waals surface area contributed by atoms with E-state index in [0.29, 0.717) is 11.1 Å². The number of hydrogen-bond acceptors (Lipinski definition) is 2. The molecule has 2 nitrogen and oxygen atoms in total. The minimum atomic E-state index is 0.431. The lowest BCUT2D eigenvalue weighted by molar-refractivity contribution is 0.479. The molecule has 0 amide bonds. The molecule has 0 saturated carbocycles. The molecule has 0 saturated heterocycles. The van der Waals surface area contributed by atoms with Crippen LogP contribution < -0.4 is 10.1 Å². The first-order valence-electron chi connectivity index (χ1n) is 6.91. The second-order valence-electron chi connectivity index (χ2n) is 5.32. The van der Waals surface area contributed by atoms with Crippen molar-refractivity contribution in [2.75, 3.05) is 0 Å². The number of rotatable bonds is 5. The van der Waals surface area contributed by atoms with Gasteiger partial charge in [0.25, 0.3) is 0 Å². The molecule has 0 aromatic heterocycles. The summed E-state index contributed by atoms with van der Waals surface area (Å²) in [6, 6.07) is 12.2. The van der Waals surface area contributed by atoms with E-state index in [-0.39, 0.29) is 0 Å². The van der Waals surface area contributed by atoms with Gasteiger partial charge in [-0.05, 0) is 58.2 Å². The molecule has 0 spiro atoms. The molecular formula is C17H19BrClNO. The second-order valence-corrected chi connectivity index (χ2v) is 6.59. The molecule has 0 aliphatic carbocycles. The van der Waals surface area contributed by atoms with Gasteiger partial charge in [0.05, 0.1) is 4.47 Å². The molecule has 0 fully saturated rings. The van der Waals surface area contributed by atoms with Gasteiger partial charge in [0.2, 0.25) is 0 Å². The minimum Gasteiger partial charge on any atom is -0.456 e. The molecule has 2 rings (SSSR count). The van der Waals surface area contributed by atoms with Crippen molar-refractivity contribution in [3.8, 4) is 11.5 Å². The molecular weight excluding hydrogens is 350 g/mol. The highest BCUT2D eigenvalue weighted by Crippen LogP contribution is 2.32. The molecule has 1 N–H and O–H groups in total. The van der Waals surface area contributed by atoms with Crippen molar-refractivity contribution in [3.63, 3.8) is 0 Å². The Hall–Kier alpha value is -1.03. The fourth-order valence-corrected chi connectivity index (χ4v) is 2.68. The van der Waals surface area contributed by atoms with Gasteiger partial charge in [-0.1, -0.05) is 37.6 Å². The molecule has 0 bridgehead atoms. The van der Waals surface area contributed by atoms with Crippen LogP contribution in [0.25, 0.3) is 0 Å². The number of ether oxygens (including phenoxy) is 1. The smallest absolute Gasteiger partial charge is 0.141 e. The number of benzene rings is 2. The number of aryl methyl sites for hydroxylation is 1. The standard InChI is InChI=1S/C17H19BrClNO/c1-11(2)20-10-13-5-6-14(9-16(13)19)21-17-7-4-12(3)8-15(17)18/h4-9,11,20H,10H2,1-3H3. The van der Waals surface area contributed by atoms with Gasteiger partial charge < -0.3 is 10.1 Å². The molecule has 21 heavy (non-hydrogen) atoms. The Labute approximate surface area is 139 Å². The third-order valence-electron chi connectivity index (χ3n) is 3.04. The van der Waals surface area contributed by atoms with E-state index in [4.69, 9.17) is 16.3 Å². The first-order valence-corrected chi connectivity index (χ1v) is 8.08. The average Bonchev–Trinajstić information content (AvgIpc) is 2.41. The van der Waals surface area contributed by atoms with E-state index in [1.165, 1.54) is 5.56 Å². The van der Waals surface area contributed by atoms with Crippen LogP contribution in [0.15, 0.2) is 40.9 Å². The van der Waals surface area contributed by atoms with Crippen molar-refractivity contribution in [3.05, 3.63) is 57.0 Å². The third kappa shape index (κ3) is 4.73. The van der Waals surface area contributed by atoms with Crippen molar-refractivity contribution in [1.29, 1.82) is 0 Å². The largest absolute Gasteiger partial charge is 0.456 e. The van der Waals surface area contributed by atoms with Crippen LogP contribution >= 0.6 is 27.5 Å². The normalized spacial score (nSPS) is 11.0. The third-order valence-corrected chi connectivity index (χ3v) is 4.01. The summed E-state index contributed by atoms with van der Waals surface area (Å²) in [5, 5.41) is 4.07. The van der Waals surface area contributed by atoms with Crippen LogP contribution in [0.5, 0.6) is 11.5 Å². The first-order chi connectivity index (χ1) is 9.95. The van der Waals surface area contributed by atoms with Gasteiger partial charge in [0.15, 0.2) is 0 Å². The predicted octanol–water partition coefficient (Wildman–Crippen LogP) is 5.70. The zero-order chi connectivity index (χ0) is 15.4. The number of halogens is 2. The highest BCUT2D eigenvalue weighted by atomic mass is 79.9. The summed E-state index contributed by atoms with van der Waals surface area (Å²) in [4.78, 5) is 0. The van der Waals surface area contributed by atoms with Gasteiger partial charge >= 0.3 is 0 Å². The molecule has 0 radical (unpaired) electrons. The Balaban J connectivity index is 2.12. The molecule has 2 aromatic rings. The lowest BCUT2D eigenvalue weighted by atomic mass is 10.2. The van der Waals surface area contributed by atoms with Crippen LogP contribution in [0.1, 0.15) is 25.0 Å². The van der Waals surface area contributed by atoms with Gasteiger partial charge in [-0.3, -0.25) is 0 Å². The minimum absolute atomic E-state index is 0.431. The van der Waals surface area contributed by atoms with Crippen LogP contribution in [0.2, 0.25) is 5.02 Å². The van der Waals surface area contributed by atoms with E-state index in [9.17, 15) is 0 Å². The van der Waals surface area contributed by atoms with Gasteiger partial charge in [-0.2, -0.15) is 0 Å². The zero-order valence-corrected chi connectivity index (χ0v) is 14.8. The zero-order valence-electron chi connectivity index (χ0n) is 12.4. The highest BCUT2D eigenvalue weighted by molar-refractivity contribution is 9.10. The van der Waals surface area contributed by atoms with Crippen molar-refractivity contribution in [1.82, 2.24) is 5.32 Å². The van der Waals surface area contributed by atoms with Crippen molar-refractivity contribution in [2.45, 2.75) is 33.4 Å². The van der Waals surface area contributed by atoms with E-state index in [1.54, 1.807) is 0 Å². The average molecular weight is 369 g/mol. The Morgan fingerprint density at radius 2 is 1.95 bits per heavy atom. The van der Waals surface area contributed by atoms with E-state index in [0.717, 1.165) is 28.1 Å². The lowest BCUT2D eigenvalue weighted by Crippen LogP contribution is -2.21. The van der Waals surface area contributed by atoms with Crippen molar-refractivity contribution >= 4 is 27.5 Å². The van der Waals surface area contributed by atoms with E-state index in [2.05, 4.69) is 35.1 Å². The first kappa shape index (κ1) is 16.3. The highest BCUT2D eigenvalue weighted by Gasteiger charge is 2.06. The van der Waals surface area contributed by atoms with Crippen LogP contribution in [0.4, 0.5) is 0 Å². The van der Waals surface area contributed by atoms with Crippen LogP contribution in [-0.4, -0.2) is 6.04 Å². The van der Waals surface area contributed by atoms with Crippen LogP contribution in [0.3, 0.4) is 0 Å². The maximum absolute atomic E-state index is 6.31. The predicted molar refractivity (Wildman–Crippen MR) is 92.4 cm³/mol. The number of nitrogens with one attached hydrogen (secondary N) is 1. The van der Waals surface area contributed by atoms with Gasteiger partial charge in [-0.25, -0.2) is 0 Å². The summed E-state index contributed by atoms with van der Waals surface area (Å²) in [6.07, 6.45) is 0.